The van der Waals surface area contributed by atoms with Crippen LogP contribution in [0.25, 0.3) is 11.4 Å². The van der Waals surface area contributed by atoms with Crippen LogP contribution in [0.3, 0.4) is 0 Å². The van der Waals surface area contributed by atoms with E-state index in [4.69, 9.17) is 20.9 Å². The van der Waals surface area contributed by atoms with Crippen molar-refractivity contribution in [3.63, 3.8) is 0 Å². The second kappa shape index (κ2) is 9.52. The fourth-order valence-corrected chi connectivity index (χ4v) is 3.19. The molecule has 1 atom stereocenters. The number of nitrogens with zero attached hydrogens (tertiary/aromatic N) is 3. The van der Waals surface area contributed by atoms with Crippen molar-refractivity contribution in [2.45, 2.75) is 52.2 Å². The van der Waals surface area contributed by atoms with E-state index < -0.39 is 6.10 Å². The molecule has 0 aliphatic carbocycles. The molecule has 164 valence electrons. The average Bonchev–Trinajstić information content (AvgIpc) is 3.20. The summed E-state index contributed by atoms with van der Waals surface area (Å²) in [7, 11) is 1.70. The molecule has 1 aromatic heterocycles. The number of hydrogen-bond acceptors (Lipinski definition) is 5. The molecule has 31 heavy (non-hydrogen) atoms. The van der Waals surface area contributed by atoms with Crippen LogP contribution in [0.5, 0.6) is 5.75 Å². The Balaban J connectivity index is 1.63. The number of aromatic nitrogens is 2. The number of benzene rings is 2. The smallest absolute Gasteiger partial charge is 0.263 e. The second-order valence-corrected chi connectivity index (χ2v) is 8.94. The molecule has 3 aromatic rings. The maximum absolute atomic E-state index is 12.9. The van der Waals surface area contributed by atoms with Gasteiger partial charge < -0.3 is 14.2 Å². The highest BCUT2D eigenvalue weighted by atomic mass is 35.5. The summed E-state index contributed by atoms with van der Waals surface area (Å²) in [6, 6.07) is 15.1. The molecule has 6 nitrogen and oxygen atoms in total. The molecular weight excluding hydrogens is 414 g/mol. The van der Waals surface area contributed by atoms with Gasteiger partial charge in [-0.1, -0.05) is 56.6 Å². The summed E-state index contributed by atoms with van der Waals surface area (Å²) in [6.07, 6.45) is -0.0477. The normalized spacial score (nSPS) is 12.5. The standard InChI is InChI=1S/C24H28ClN3O3/c1-6-20(30-19-13-9-17(10-14-19)24(2,3)4)23(29)28(5)15-21-26-22(27-31-21)16-7-11-18(25)12-8-16/h7-14,20H,6,15H2,1-5H3/t20-/m0/s1. The van der Waals surface area contributed by atoms with Gasteiger partial charge in [-0.2, -0.15) is 4.98 Å². The number of ether oxygens (including phenoxy) is 1. The SMILES string of the molecule is CC[C@H](Oc1ccc(C(C)(C)C)cc1)C(=O)N(C)Cc1nc(-c2ccc(Cl)cc2)no1. The van der Waals surface area contributed by atoms with Crippen molar-refractivity contribution in [1.82, 2.24) is 15.0 Å². The zero-order chi connectivity index (χ0) is 22.6. The first-order valence-corrected chi connectivity index (χ1v) is 10.7. The lowest BCUT2D eigenvalue weighted by Crippen LogP contribution is -2.39. The molecule has 1 amide bonds. The summed E-state index contributed by atoms with van der Waals surface area (Å²) in [4.78, 5) is 18.8. The van der Waals surface area contributed by atoms with Crippen molar-refractivity contribution in [3.8, 4) is 17.1 Å². The van der Waals surface area contributed by atoms with Crippen LogP contribution >= 0.6 is 11.6 Å². The lowest BCUT2D eigenvalue weighted by Gasteiger charge is -2.23. The third-order valence-electron chi connectivity index (χ3n) is 4.96. The van der Waals surface area contributed by atoms with Gasteiger partial charge in [0.1, 0.15) is 5.75 Å². The first kappa shape index (κ1) is 22.8. The van der Waals surface area contributed by atoms with Gasteiger partial charge in [0.2, 0.25) is 11.7 Å². The van der Waals surface area contributed by atoms with Crippen molar-refractivity contribution in [1.29, 1.82) is 0 Å². The van der Waals surface area contributed by atoms with Crippen LogP contribution in [0, 0.1) is 0 Å². The number of carbonyl (C=O) groups is 1. The van der Waals surface area contributed by atoms with E-state index in [0.717, 1.165) is 5.56 Å². The van der Waals surface area contributed by atoms with Gasteiger partial charge in [0.25, 0.3) is 5.91 Å². The summed E-state index contributed by atoms with van der Waals surface area (Å²) in [5, 5.41) is 4.63. The van der Waals surface area contributed by atoms with E-state index in [9.17, 15) is 4.79 Å². The van der Waals surface area contributed by atoms with Gasteiger partial charge in [-0.05, 0) is 53.8 Å². The summed E-state index contributed by atoms with van der Waals surface area (Å²) in [5.41, 5.74) is 2.07. The second-order valence-electron chi connectivity index (χ2n) is 8.50. The Hall–Kier alpha value is -2.86. The Bertz CT molecular complexity index is 1010. The van der Waals surface area contributed by atoms with Gasteiger partial charge in [-0.3, -0.25) is 4.79 Å². The molecule has 2 aromatic carbocycles. The molecule has 0 radical (unpaired) electrons. The maximum atomic E-state index is 12.9. The number of hydrogen-bond donors (Lipinski definition) is 0. The van der Waals surface area contributed by atoms with Gasteiger partial charge in [0, 0.05) is 17.6 Å². The fourth-order valence-electron chi connectivity index (χ4n) is 3.07. The highest BCUT2D eigenvalue weighted by Crippen LogP contribution is 2.25. The molecule has 0 saturated heterocycles. The van der Waals surface area contributed by atoms with Crippen molar-refractivity contribution in [2.24, 2.45) is 0 Å². The Morgan fingerprint density at radius 2 is 1.77 bits per heavy atom. The number of likely N-dealkylation sites (N-methyl/N-ethyl adjacent to an activating group) is 1. The van der Waals surface area contributed by atoms with E-state index >= 15 is 0 Å². The summed E-state index contributed by atoms with van der Waals surface area (Å²) < 4.78 is 11.3. The molecule has 1 heterocycles. The molecule has 0 fully saturated rings. The van der Waals surface area contributed by atoms with Gasteiger partial charge in [0.15, 0.2) is 6.10 Å². The number of amides is 1. The van der Waals surface area contributed by atoms with Crippen molar-refractivity contribution in [3.05, 3.63) is 65.0 Å². The molecular formula is C24H28ClN3O3. The van der Waals surface area contributed by atoms with Crippen LogP contribution < -0.4 is 4.74 Å². The Labute approximate surface area is 188 Å². The maximum Gasteiger partial charge on any atom is 0.263 e. The number of carbonyl (C=O) groups excluding carboxylic acids is 1. The number of rotatable bonds is 7. The monoisotopic (exact) mass is 441 g/mol. The molecule has 3 rings (SSSR count). The molecule has 0 aliphatic heterocycles. The lowest BCUT2D eigenvalue weighted by atomic mass is 9.87. The first-order chi connectivity index (χ1) is 14.7. The molecule has 0 unspecified atom stereocenters. The molecule has 0 aliphatic rings. The van der Waals surface area contributed by atoms with Crippen LogP contribution in [-0.2, 0) is 16.8 Å². The van der Waals surface area contributed by atoms with Gasteiger partial charge in [-0.25, -0.2) is 0 Å². The third kappa shape index (κ3) is 5.85. The summed E-state index contributed by atoms with van der Waals surface area (Å²) >= 11 is 5.92. The van der Waals surface area contributed by atoms with E-state index in [2.05, 4.69) is 30.9 Å². The van der Waals surface area contributed by atoms with Crippen LogP contribution in [0.2, 0.25) is 5.02 Å². The quantitative estimate of drug-likeness (QED) is 0.484. The molecule has 0 bridgehead atoms. The first-order valence-electron chi connectivity index (χ1n) is 10.3. The average molecular weight is 442 g/mol. The van der Waals surface area contributed by atoms with Crippen molar-refractivity contribution < 1.29 is 14.1 Å². The van der Waals surface area contributed by atoms with Crippen molar-refractivity contribution >= 4 is 17.5 Å². The Morgan fingerprint density at radius 3 is 2.35 bits per heavy atom. The predicted octanol–water partition coefficient (Wildman–Crippen LogP) is 5.50. The zero-order valence-corrected chi connectivity index (χ0v) is 19.3. The van der Waals surface area contributed by atoms with Crippen LogP contribution in [0.15, 0.2) is 53.1 Å². The minimum atomic E-state index is -0.593. The van der Waals surface area contributed by atoms with Gasteiger partial charge in [0.05, 0.1) is 6.54 Å². The van der Waals surface area contributed by atoms with E-state index in [1.165, 1.54) is 10.5 Å². The van der Waals surface area contributed by atoms with Crippen LogP contribution in [0.4, 0.5) is 0 Å². The molecule has 0 saturated carbocycles. The molecule has 0 N–H and O–H groups in total. The molecule has 0 spiro atoms. The van der Waals surface area contributed by atoms with Crippen LogP contribution in [0.1, 0.15) is 45.6 Å². The van der Waals surface area contributed by atoms with Gasteiger partial charge in [-0.15, -0.1) is 0 Å². The van der Waals surface area contributed by atoms with Crippen molar-refractivity contribution in [2.75, 3.05) is 7.05 Å². The topological polar surface area (TPSA) is 68.5 Å². The third-order valence-corrected chi connectivity index (χ3v) is 5.22. The minimum absolute atomic E-state index is 0.0632. The highest BCUT2D eigenvalue weighted by Gasteiger charge is 2.24. The minimum Gasteiger partial charge on any atom is -0.481 e. The highest BCUT2D eigenvalue weighted by molar-refractivity contribution is 6.30. The Kier molecular flexibility index (Phi) is 7.01. The van der Waals surface area contributed by atoms with E-state index in [1.54, 1.807) is 19.2 Å². The largest absolute Gasteiger partial charge is 0.481 e. The predicted molar refractivity (Wildman–Crippen MR) is 121 cm³/mol. The molecule has 7 heteroatoms. The Morgan fingerprint density at radius 1 is 1.13 bits per heavy atom. The van der Waals surface area contributed by atoms with E-state index in [0.29, 0.717) is 28.9 Å². The summed E-state index contributed by atoms with van der Waals surface area (Å²) in [6.45, 7) is 8.59. The van der Waals surface area contributed by atoms with E-state index in [-0.39, 0.29) is 17.9 Å². The van der Waals surface area contributed by atoms with E-state index in [1.807, 2.05) is 43.3 Å². The van der Waals surface area contributed by atoms with Gasteiger partial charge >= 0.3 is 0 Å². The fraction of sp³-hybridized carbons (Fsp3) is 0.375. The summed E-state index contributed by atoms with van der Waals surface area (Å²) in [5.74, 6) is 1.33. The number of halogens is 1. The zero-order valence-electron chi connectivity index (χ0n) is 18.6. The lowest BCUT2D eigenvalue weighted by molar-refractivity contribution is -0.138. The van der Waals surface area contributed by atoms with Crippen LogP contribution in [-0.4, -0.2) is 34.1 Å².